The first-order chi connectivity index (χ1) is 6.54. The molecule has 88 valence electrons. The van der Waals surface area contributed by atoms with Gasteiger partial charge < -0.3 is 11.1 Å². The Morgan fingerprint density at radius 3 is 2.40 bits per heavy atom. The van der Waals surface area contributed by atoms with Crippen molar-refractivity contribution in [2.45, 2.75) is 37.6 Å². The third kappa shape index (κ3) is 4.41. The van der Waals surface area contributed by atoms with Crippen molar-refractivity contribution < 1.29 is 4.79 Å². The zero-order chi connectivity index (χ0) is 10.6. The fraction of sp³-hybridized carbons (Fsp3) is 0.700. The van der Waals surface area contributed by atoms with Crippen LogP contribution in [0.3, 0.4) is 0 Å². The van der Waals surface area contributed by atoms with Crippen LogP contribution in [0.5, 0.6) is 0 Å². The lowest BCUT2D eigenvalue weighted by Gasteiger charge is -2.31. The molecule has 5 heteroatoms. The van der Waals surface area contributed by atoms with Crippen LogP contribution in [-0.2, 0) is 4.79 Å². The molecule has 0 aromatic carbocycles. The molecular weight excluding hydrogens is 235 g/mol. The average molecular weight is 253 g/mol. The number of rotatable bonds is 3. The summed E-state index contributed by atoms with van der Waals surface area (Å²) in [4.78, 5) is 11.7. The quantitative estimate of drug-likeness (QED) is 0.807. The monoisotopic (exact) mass is 252 g/mol. The Kier molecular flexibility index (Phi) is 6.25. The van der Waals surface area contributed by atoms with Crippen LogP contribution < -0.4 is 11.1 Å². The van der Waals surface area contributed by atoms with Gasteiger partial charge in [0.15, 0.2) is 0 Å². The van der Waals surface area contributed by atoms with Crippen LogP contribution in [0.4, 0.5) is 0 Å². The Morgan fingerprint density at radius 1 is 1.40 bits per heavy atom. The van der Waals surface area contributed by atoms with Crippen molar-refractivity contribution >= 4 is 29.9 Å². The molecule has 0 aliphatic heterocycles. The first-order valence-electron chi connectivity index (χ1n) is 4.95. The molecule has 0 spiro atoms. The topological polar surface area (TPSA) is 55.1 Å². The van der Waals surface area contributed by atoms with E-state index in [1.54, 1.807) is 0 Å². The van der Waals surface area contributed by atoms with E-state index < -0.39 is 5.54 Å². The van der Waals surface area contributed by atoms with Gasteiger partial charge in [0.2, 0.25) is 5.91 Å². The molecule has 3 N–H and O–H groups in total. The maximum absolute atomic E-state index is 11.7. The van der Waals surface area contributed by atoms with E-state index in [9.17, 15) is 4.79 Å². The third-order valence-electron chi connectivity index (χ3n) is 2.64. The molecule has 0 aromatic heterocycles. The van der Waals surface area contributed by atoms with Crippen molar-refractivity contribution in [2.75, 3.05) is 6.54 Å². The van der Waals surface area contributed by atoms with Gasteiger partial charge in [0.05, 0.1) is 12.1 Å². The predicted octanol–water partition coefficient (Wildman–Crippen LogP) is 1.94. The van der Waals surface area contributed by atoms with Gasteiger partial charge in [-0.1, -0.05) is 37.4 Å². The van der Waals surface area contributed by atoms with Crippen molar-refractivity contribution in [2.24, 2.45) is 5.73 Å². The second-order valence-electron chi connectivity index (χ2n) is 3.92. The summed E-state index contributed by atoms with van der Waals surface area (Å²) in [5.74, 6) is -0.0981. The van der Waals surface area contributed by atoms with E-state index >= 15 is 0 Å². The highest BCUT2D eigenvalue weighted by Gasteiger charge is 2.34. The molecule has 0 saturated heterocycles. The van der Waals surface area contributed by atoms with Gasteiger partial charge in [-0.05, 0) is 12.8 Å². The number of carbonyl (C=O) groups excluding carboxylic acids is 1. The maximum Gasteiger partial charge on any atom is 0.240 e. The molecule has 3 nitrogen and oxygen atoms in total. The van der Waals surface area contributed by atoms with E-state index in [0.717, 1.165) is 25.7 Å². The zero-order valence-corrected chi connectivity index (χ0v) is 10.3. The van der Waals surface area contributed by atoms with Gasteiger partial charge in [-0.3, -0.25) is 4.79 Å². The molecule has 0 unspecified atom stereocenters. The molecule has 0 bridgehead atoms. The fourth-order valence-electron chi connectivity index (χ4n) is 1.76. The summed E-state index contributed by atoms with van der Waals surface area (Å²) in [6.45, 7) is 3.81. The summed E-state index contributed by atoms with van der Waals surface area (Å²) in [5.41, 5.74) is 5.33. The number of nitrogens with one attached hydrogen (secondary N) is 1. The highest BCUT2D eigenvalue weighted by molar-refractivity contribution is 6.29. The Balaban J connectivity index is 0.00000196. The van der Waals surface area contributed by atoms with Gasteiger partial charge in [0, 0.05) is 5.03 Å². The van der Waals surface area contributed by atoms with Crippen LogP contribution in [0.1, 0.15) is 32.1 Å². The Bertz CT molecular complexity index is 238. The molecule has 1 fully saturated rings. The molecule has 0 aromatic rings. The van der Waals surface area contributed by atoms with Crippen molar-refractivity contribution in [3.8, 4) is 0 Å². The zero-order valence-electron chi connectivity index (χ0n) is 8.72. The minimum atomic E-state index is -0.676. The standard InChI is InChI=1S/C10H17ClN2O.ClH/c1-8(11)7-13-9(14)10(12)5-3-2-4-6-10;/h1-7,12H2,(H,13,14);1H. The van der Waals surface area contributed by atoms with Crippen molar-refractivity contribution in [3.63, 3.8) is 0 Å². The third-order valence-corrected chi connectivity index (χ3v) is 2.77. The summed E-state index contributed by atoms with van der Waals surface area (Å²) in [5, 5.41) is 3.13. The largest absolute Gasteiger partial charge is 0.350 e. The SMILES string of the molecule is C=C(Cl)CNC(=O)C1(N)CCCCC1.Cl. The highest BCUT2D eigenvalue weighted by atomic mass is 35.5. The van der Waals surface area contributed by atoms with Crippen LogP contribution in [-0.4, -0.2) is 18.0 Å². The molecule has 1 aliphatic rings. The predicted molar refractivity (Wildman–Crippen MR) is 65.3 cm³/mol. The molecular formula is C10H18Cl2N2O. The van der Waals surface area contributed by atoms with Crippen molar-refractivity contribution in [1.82, 2.24) is 5.32 Å². The fourth-order valence-corrected chi connectivity index (χ4v) is 1.83. The lowest BCUT2D eigenvalue weighted by atomic mass is 9.82. The van der Waals surface area contributed by atoms with E-state index in [1.165, 1.54) is 6.42 Å². The van der Waals surface area contributed by atoms with Gasteiger partial charge in [0.25, 0.3) is 0 Å². The van der Waals surface area contributed by atoms with E-state index in [1.807, 2.05) is 0 Å². The number of halogens is 2. The number of hydrogen-bond donors (Lipinski definition) is 2. The summed E-state index contributed by atoms with van der Waals surface area (Å²) in [6.07, 6.45) is 4.78. The van der Waals surface area contributed by atoms with Crippen LogP contribution in [0.15, 0.2) is 11.6 Å². The molecule has 1 amide bonds. The summed E-state index contributed by atoms with van der Waals surface area (Å²) in [7, 11) is 0. The number of hydrogen-bond acceptors (Lipinski definition) is 2. The van der Waals surface area contributed by atoms with Gasteiger partial charge in [-0.2, -0.15) is 0 Å². The highest BCUT2D eigenvalue weighted by Crippen LogP contribution is 2.25. The molecule has 1 rings (SSSR count). The Morgan fingerprint density at radius 2 is 1.93 bits per heavy atom. The Labute approximate surface area is 102 Å². The number of carbonyl (C=O) groups is 1. The number of amides is 1. The maximum atomic E-state index is 11.7. The molecule has 0 heterocycles. The first-order valence-corrected chi connectivity index (χ1v) is 5.33. The number of nitrogens with two attached hydrogens (primary N) is 1. The second-order valence-corrected chi connectivity index (χ2v) is 4.45. The summed E-state index contributed by atoms with van der Waals surface area (Å²) < 4.78 is 0. The molecule has 1 aliphatic carbocycles. The molecule has 0 radical (unpaired) electrons. The van der Waals surface area contributed by atoms with E-state index in [-0.39, 0.29) is 18.3 Å². The van der Waals surface area contributed by atoms with Gasteiger partial charge >= 0.3 is 0 Å². The first kappa shape index (κ1) is 14.8. The lowest BCUT2D eigenvalue weighted by Crippen LogP contribution is -2.55. The molecule has 0 atom stereocenters. The van der Waals surface area contributed by atoms with E-state index in [4.69, 9.17) is 17.3 Å². The normalized spacial score (nSPS) is 18.8. The van der Waals surface area contributed by atoms with Gasteiger partial charge in [0.1, 0.15) is 0 Å². The minimum absolute atomic E-state index is 0. The lowest BCUT2D eigenvalue weighted by molar-refractivity contribution is -0.127. The summed E-state index contributed by atoms with van der Waals surface area (Å²) in [6, 6.07) is 0. The average Bonchev–Trinajstić information content (AvgIpc) is 2.15. The van der Waals surface area contributed by atoms with Crippen molar-refractivity contribution in [1.29, 1.82) is 0 Å². The smallest absolute Gasteiger partial charge is 0.240 e. The van der Waals surface area contributed by atoms with E-state index in [0.29, 0.717) is 11.6 Å². The van der Waals surface area contributed by atoms with Crippen LogP contribution in [0.25, 0.3) is 0 Å². The van der Waals surface area contributed by atoms with Gasteiger partial charge in [-0.25, -0.2) is 0 Å². The van der Waals surface area contributed by atoms with Gasteiger partial charge in [-0.15, -0.1) is 12.4 Å². The van der Waals surface area contributed by atoms with Crippen LogP contribution in [0, 0.1) is 0 Å². The summed E-state index contributed by atoms with van der Waals surface area (Å²) >= 11 is 5.56. The van der Waals surface area contributed by atoms with E-state index in [2.05, 4.69) is 11.9 Å². The molecule has 15 heavy (non-hydrogen) atoms. The second kappa shape index (κ2) is 6.36. The molecule has 1 saturated carbocycles. The van der Waals surface area contributed by atoms with Crippen LogP contribution in [0.2, 0.25) is 0 Å². The Hall–Kier alpha value is -0.250. The van der Waals surface area contributed by atoms with Crippen LogP contribution >= 0.6 is 24.0 Å². The minimum Gasteiger partial charge on any atom is -0.350 e. The van der Waals surface area contributed by atoms with Crippen molar-refractivity contribution in [3.05, 3.63) is 11.6 Å².